The first-order valence-corrected chi connectivity index (χ1v) is 13.2. The van der Waals surface area contributed by atoms with Crippen molar-refractivity contribution in [3.8, 4) is 0 Å². The van der Waals surface area contributed by atoms with Crippen molar-refractivity contribution >= 4 is 22.8 Å². The molecule has 0 bridgehead atoms. The van der Waals surface area contributed by atoms with E-state index >= 15 is 0 Å². The molecule has 2 aromatic carbocycles. The average Bonchev–Trinajstić information content (AvgIpc) is 3.19. The molecular formula is C28H38N6O. The van der Waals surface area contributed by atoms with E-state index in [2.05, 4.69) is 68.4 Å². The van der Waals surface area contributed by atoms with E-state index in [4.69, 9.17) is 4.98 Å². The summed E-state index contributed by atoms with van der Waals surface area (Å²) in [5.74, 6) is 1.09. The highest BCUT2D eigenvalue weighted by Crippen LogP contribution is 2.21. The van der Waals surface area contributed by atoms with Crippen LogP contribution in [0.2, 0.25) is 0 Å². The van der Waals surface area contributed by atoms with E-state index in [0.29, 0.717) is 6.04 Å². The van der Waals surface area contributed by atoms with E-state index in [9.17, 15) is 4.79 Å². The zero-order chi connectivity index (χ0) is 24.0. The number of imidazole rings is 1. The van der Waals surface area contributed by atoms with Gasteiger partial charge in [-0.1, -0.05) is 49.6 Å². The second-order valence-corrected chi connectivity index (χ2v) is 10.1. The molecule has 186 valence electrons. The Morgan fingerprint density at radius 1 is 0.971 bits per heavy atom. The summed E-state index contributed by atoms with van der Waals surface area (Å²) in [6, 6.07) is 16.9. The Labute approximate surface area is 208 Å². The van der Waals surface area contributed by atoms with Gasteiger partial charge in [-0.05, 0) is 36.6 Å². The molecule has 1 aliphatic heterocycles. The summed E-state index contributed by atoms with van der Waals surface area (Å²) in [5, 5.41) is 6.12. The molecular weight excluding hydrogens is 436 g/mol. The first kappa shape index (κ1) is 23.8. The number of urea groups is 1. The number of piperazine rings is 1. The number of nitrogens with zero attached hydrogens (tertiary/aromatic N) is 4. The van der Waals surface area contributed by atoms with Gasteiger partial charge >= 0.3 is 6.03 Å². The highest BCUT2D eigenvalue weighted by molar-refractivity contribution is 5.92. The Balaban J connectivity index is 1.12. The number of benzene rings is 2. The van der Waals surface area contributed by atoms with Gasteiger partial charge in [-0.3, -0.25) is 4.90 Å². The minimum atomic E-state index is -0.112. The second kappa shape index (κ2) is 11.2. The van der Waals surface area contributed by atoms with Crippen LogP contribution >= 0.6 is 0 Å². The van der Waals surface area contributed by atoms with Crippen LogP contribution in [-0.2, 0) is 20.0 Å². The molecule has 2 heterocycles. The number of nitrogens with one attached hydrogen (secondary N) is 2. The van der Waals surface area contributed by atoms with Crippen LogP contribution < -0.4 is 10.6 Å². The number of fused-ring (bicyclic) bond motifs is 1. The minimum Gasteiger partial charge on any atom is -0.335 e. The molecule has 0 radical (unpaired) electrons. The van der Waals surface area contributed by atoms with Crippen molar-refractivity contribution in [2.75, 3.05) is 38.0 Å². The second-order valence-electron chi connectivity index (χ2n) is 10.1. The number of carbonyl (C=O) groups is 1. The number of amides is 2. The molecule has 0 spiro atoms. The monoisotopic (exact) mass is 474 g/mol. The maximum Gasteiger partial charge on any atom is 0.319 e. The van der Waals surface area contributed by atoms with Gasteiger partial charge in [0.25, 0.3) is 0 Å². The van der Waals surface area contributed by atoms with E-state index in [1.165, 1.54) is 24.8 Å². The first-order valence-electron chi connectivity index (χ1n) is 13.2. The third-order valence-corrected chi connectivity index (χ3v) is 7.54. The molecule has 2 amide bonds. The zero-order valence-electron chi connectivity index (χ0n) is 20.9. The van der Waals surface area contributed by atoms with Gasteiger partial charge in [0, 0.05) is 64.5 Å². The number of aryl methyl sites for hydroxylation is 1. The van der Waals surface area contributed by atoms with Crippen molar-refractivity contribution in [2.45, 2.75) is 51.1 Å². The van der Waals surface area contributed by atoms with E-state index < -0.39 is 0 Å². The third kappa shape index (κ3) is 6.21. The third-order valence-electron chi connectivity index (χ3n) is 7.54. The molecule has 5 rings (SSSR count). The zero-order valence-corrected chi connectivity index (χ0v) is 20.9. The molecule has 0 atom stereocenters. The topological polar surface area (TPSA) is 65.4 Å². The fraction of sp³-hybridized carbons (Fsp3) is 0.500. The van der Waals surface area contributed by atoms with Gasteiger partial charge in [0.15, 0.2) is 0 Å². The summed E-state index contributed by atoms with van der Waals surface area (Å²) in [6.45, 7) is 6.46. The fourth-order valence-electron chi connectivity index (χ4n) is 5.42. The maximum atomic E-state index is 12.4. The molecule has 1 aromatic heterocycles. The number of aromatic nitrogens is 2. The van der Waals surface area contributed by atoms with Gasteiger partial charge in [0.1, 0.15) is 5.82 Å². The predicted molar refractivity (Wildman–Crippen MR) is 142 cm³/mol. The Hall–Kier alpha value is -2.90. The molecule has 2 fully saturated rings. The summed E-state index contributed by atoms with van der Waals surface area (Å²) in [5.41, 5.74) is 4.22. The quantitative estimate of drug-likeness (QED) is 0.533. The van der Waals surface area contributed by atoms with Gasteiger partial charge in [-0.25, -0.2) is 9.78 Å². The van der Waals surface area contributed by atoms with Crippen molar-refractivity contribution in [3.05, 3.63) is 59.9 Å². The van der Waals surface area contributed by atoms with Crippen LogP contribution in [0.1, 0.15) is 43.5 Å². The summed E-state index contributed by atoms with van der Waals surface area (Å²) in [6.07, 6.45) is 6.78. The Morgan fingerprint density at radius 3 is 2.49 bits per heavy atom. The molecule has 2 N–H and O–H groups in total. The van der Waals surface area contributed by atoms with Gasteiger partial charge in [-0.2, -0.15) is 0 Å². The summed E-state index contributed by atoms with van der Waals surface area (Å²) < 4.78 is 2.19. The SMILES string of the molecule is Cn1c(CCN2CCN(Cc3ccccc3)CC2)nc2cc(NC(=O)NC3CCCCC3)ccc21. The smallest absolute Gasteiger partial charge is 0.319 e. The van der Waals surface area contributed by atoms with E-state index in [1.54, 1.807) is 0 Å². The Bertz CT molecular complexity index is 1110. The van der Waals surface area contributed by atoms with Crippen LogP contribution in [0.3, 0.4) is 0 Å². The Kier molecular flexibility index (Phi) is 7.64. The number of hydrogen-bond acceptors (Lipinski definition) is 4. The fourth-order valence-corrected chi connectivity index (χ4v) is 5.42. The largest absolute Gasteiger partial charge is 0.335 e. The predicted octanol–water partition coefficient (Wildman–Crippen LogP) is 4.39. The number of carbonyl (C=O) groups excluding carboxylic acids is 1. The normalized spacial score (nSPS) is 18.1. The van der Waals surface area contributed by atoms with Crippen LogP contribution in [-0.4, -0.2) is 64.1 Å². The van der Waals surface area contributed by atoms with Crippen molar-refractivity contribution in [3.63, 3.8) is 0 Å². The summed E-state index contributed by atoms with van der Waals surface area (Å²) >= 11 is 0. The number of anilines is 1. The van der Waals surface area contributed by atoms with Gasteiger partial charge in [0.05, 0.1) is 11.0 Å². The lowest BCUT2D eigenvalue weighted by Crippen LogP contribution is -2.46. The average molecular weight is 475 g/mol. The van der Waals surface area contributed by atoms with Crippen molar-refractivity contribution in [2.24, 2.45) is 7.05 Å². The van der Waals surface area contributed by atoms with Crippen LogP contribution in [0.15, 0.2) is 48.5 Å². The van der Waals surface area contributed by atoms with Crippen LogP contribution in [0.5, 0.6) is 0 Å². The van der Waals surface area contributed by atoms with Crippen molar-refractivity contribution in [1.29, 1.82) is 0 Å². The molecule has 35 heavy (non-hydrogen) atoms. The van der Waals surface area contributed by atoms with E-state index in [1.807, 2.05) is 12.1 Å². The van der Waals surface area contributed by atoms with Gasteiger partial charge in [-0.15, -0.1) is 0 Å². The molecule has 2 aliphatic rings. The maximum absolute atomic E-state index is 12.4. The Morgan fingerprint density at radius 2 is 1.71 bits per heavy atom. The van der Waals surface area contributed by atoms with Gasteiger partial charge in [0.2, 0.25) is 0 Å². The molecule has 1 aliphatic carbocycles. The van der Waals surface area contributed by atoms with Gasteiger partial charge < -0.3 is 20.1 Å². The summed E-state index contributed by atoms with van der Waals surface area (Å²) in [7, 11) is 2.09. The van der Waals surface area contributed by atoms with E-state index in [0.717, 1.165) is 81.1 Å². The lowest BCUT2D eigenvalue weighted by molar-refractivity contribution is 0.127. The first-order chi connectivity index (χ1) is 17.1. The molecule has 7 heteroatoms. The molecule has 0 unspecified atom stereocenters. The molecule has 3 aromatic rings. The lowest BCUT2D eigenvalue weighted by atomic mass is 9.96. The standard InChI is InChI=1S/C28H38N6O/c1-32-26-13-12-24(30-28(35)29-23-10-6-3-7-11-23)20-25(26)31-27(32)14-15-33-16-18-34(19-17-33)21-22-8-4-2-5-9-22/h2,4-5,8-9,12-13,20,23H,3,6-7,10-11,14-19,21H2,1H3,(H2,29,30,35). The minimum absolute atomic E-state index is 0.112. The molecule has 1 saturated carbocycles. The lowest BCUT2D eigenvalue weighted by Gasteiger charge is -2.34. The summed E-state index contributed by atoms with van der Waals surface area (Å²) in [4.78, 5) is 22.4. The molecule has 1 saturated heterocycles. The number of rotatable bonds is 7. The highest BCUT2D eigenvalue weighted by Gasteiger charge is 2.19. The van der Waals surface area contributed by atoms with Crippen molar-refractivity contribution < 1.29 is 4.79 Å². The van der Waals surface area contributed by atoms with Crippen molar-refractivity contribution in [1.82, 2.24) is 24.7 Å². The number of hydrogen-bond donors (Lipinski definition) is 2. The van der Waals surface area contributed by atoms with E-state index in [-0.39, 0.29) is 6.03 Å². The van der Waals surface area contributed by atoms with Crippen LogP contribution in [0.4, 0.5) is 10.5 Å². The highest BCUT2D eigenvalue weighted by atomic mass is 16.2. The van der Waals surface area contributed by atoms with Crippen LogP contribution in [0.25, 0.3) is 11.0 Å². The van der Waals surface area contributed by atoms with Crippen LogP contribution in [0, 0.1) is 0 Å². The molecule has 7 nitrogen and oxygen atoms in total.